The molecule has 1 aliphatic rings. The van der Waals surface area contributed by atoms with Crippen molar-refractivity contribution >= 4 is 21.8 Å². The van der Waals surface area contributed by atoms with Crippen LogP contribution in [0.2, 0.25) is 0 Å². The lowest BCUT2D eigenvalue weighted by molar-refractivity contribution is -0.121. The molecule has 18 heavy (non-hydrogen) atoms. The van der Waals surface area contributed by atoms with Crippen LogP contribution in [-0.4, -0.2) is 17.8 Å². The summed E-state index contributed by atoms with van der Waals surface area (Å²) in [5, 5.41) is 4.10. The van der Waals surface area contributed by atoms with Gasteiger partial charge in [0.1, 0.15) is 0 Å². The van der Waals surface area contributed by atoms with E-state index in [0.717, 1.165) is 18.3 Å². The maximum atomic E-state index is 11.6. The number of alkyl halides is 1. The zero-order chi connectivity index (χ0) is 13.3. The molecule has 3 heteroatoms. The van der Waals surface area contributed by atoms with Crippen molar-refractivity contribution in [2.75, 3.05) is 11.9 Å². The largest absolute Gasteiger partial charge is 0.356 e. The average Bonchev–Trinajstić information content (AvgIpc) is 3.16. The van der Waals surface area contributed by atoms with Crippen LogP contribution >= 0.6 is 15.9 Å². The molecule has 0 bridgehead atoms. The summed E-state index contributed by atoms with van der Waals surface area (Å²) in [7, 11) is 0. The van der Waals surface area contributed by atoms with E-state index in [-0.39, 0.29) is 5.91 Å². The summed E-state index contributed by atoms with van der Waals surface area (Å²) in [5.74, 6) is 0.246. The quantitative estimate of drug-likeness (QED) is 0.443. The SMILES string of the molecule is CCCCCCCCCC(=O)NCC1(CBr)CC1. The van der Waals surface area contributed by atoms with Crippen molar-refractivity contribution < 1.29 is 4.79 Å². The summed E-state index contributed by atoms with van der Waals surface area (Å²) in [6.07, 6.45) is 12.1. The number of amides is 1. The molecule has 2 nitrogen and oxygen atoms in total. The minimum absolute atomic E-state index is 0.246. The summed E-state index contributed by atoms with van der Waals surface area (Å²) in [6.45, 7) is 3.11. The van der Waals surface area contributed by atoms with E-state index in [0.29, 0.717) is 11.8 Å². The smallest absolute Gasteiger partial charge is 0.220 e. The Bertz CT molecular complexity index is 239. The van der Waals surface area contributed by atoms with Gasteiger partial charge in [0.25, 0.3) is 0 Å². The van der Waals surface area contributed by atoms with Gasteiger partial charge in [-0.1, -0.05) is 61.4 Å². The number of rotatable bonds is 11. The van der Waals surface area contributed by atoms with Crippen LogP contribution in [0, 0.1) is 5.41 Å². The molecule has 0 aromatic heterocycles. The molecular formula is C15H28BrNO. The number of nitrogens with one attached hydrogen (secondary N) is 1. The van der Waals surface area contributed by atoms with Gasteiger partial charge in [-0.05, 0) is 24.7 Å². The van der Waals surface area contributed by atoms with E-state index in [1.807, 2.05) is 0 Å². The Morgan fingerprint density at radius 2 is 1.72 bits per heavy atom. The molecule has 0 spiro atoms. The molecule has 0 radical (unpaired) electrons. The lowest BCUT2D eigenvalue weighted by Crippen LogP contribution is -2.30. The van der Waals surface area contributed by atoms with Gasteiger partial charge in [0, 0.05) is 18.3 Å². The van der Waals surface area contributed by atoms with Crippen molar-refractivity contribution in [3.8, 4) is 0 Å². The molecule has 1 fully saturated rings. The van der Waals surface area contributed by atoms with Crippen LogP contribution in [0.1, 0.15) is 71.1 Å². The van der Waals surface area contributed by atoms with Gasteiger partial charge in [-0.3, -0.25) is 4.79 Å². The third-order valence-electron chi connectivity index (χ3n) is 3.91. The highest BCUT2D eigenvalue weighted by Crippen LogP contribution is 2.46. The number of halogens is 1. The Hall–Kier alpha value is -0.0500. The summed E-state index contributed by atoms with van der Waals surface area (Å²) in [6, 6.07) is 0. The number of carbonyl (C=O) groups is 1. The Morgan fingerprint density at radius 1 is 1.11 bits per heavy atom. The highest BCUT2D eigenvalue weighted by atomic mass is 79.9. The van der Waals surface area contributed by atoms with Gasteiger partial charge in [-0.15, -0.1) is 0 Å². The zero-order valence-electron chi connectivity index (χ0n) is 11.8. The van der Waals surface area contributed by atoms with Gasteiger partial charge >= 0.3 is 0 Å². The van der Waals surface area contributed by atoms with Crippen LogP contribution in [-0.2, 0) is 4.79 Å². The molecule has 0 aromatic carbocycles. The van der Waals surface area contributed by atoms with E-state index in [4.69, 9.17) is 0 Å². The van der Waals surface area contributed by atoms with Gasteiger partial charge in [-0.25, -0.2) is 0 Å². The maximum Gasteiger partial charge on any atom is 0.220 e. The zero-order valence-corrected chi connectivity index (χ0v) is 13.4. The number of hydrogen-bond acceptors (Lipinski definition) is 1. The van der Waals surface area contributed by atoms with Crippen molar-refractivity contribution in [3.05, 3.63) is 0 Å². The molecule has 1 amide bonds. The van der Waals surface area contributed by atoms with Crippen molar-refractivity contribution in [1.29, 1.82) is 0 Å². The van der Waals surface area contributed by atoms with Crippen LogP contribution in [0.4, 0.5) is 0 Å². The van der Waals surface area contributed by atoms with Gasteiger partial charge in [0.05, 0.1) is 0 Å². The third-order valence-corrected chi connectivity index (χ3v) is 5.10. The molecule has 0 atom stereocenters. The molecule has 0 unspecified atom stereocenters. The van der Waals surface area contributed by atoms with E-state index in [1.54, 1.807) is 0 Å². The standard InChI is InChI=1S/C15H28BrNO/c1-2-3-4-5-6-7-8-9-14(18)17-13-15(12-16)10-11-15/h2-13H2,1H3,(H,17,18). The van der Waals surface area contributed by atoms with Crippen LogP contribution in [0.25, 0.3) is 0 Å². The van der Waals surface area contributed by atoms with Crippen LogP contribution in [0.3, 0.4) is 0 Å². The van der Waals surface area contributed by atoms with E-state index in [2.05, 4.69) is 28.2 Å². The van der Waals surface area contributed by atoms with E-state index in [1.165, 1.54) is 51.4 Å². The average molecular weight is 318 g/mol. The summed E-state index contributed by atoms with van der Waals surface area (Å²) < 4.78 is 0. The van der Waals surface area contributed by atoms with E-state index in [9.17, 15) is 4.79 Å². The predicted octanol–water partition coefficient (Wildman–Crippen LogP) is 4.42. The van der Waals surface area contributed by atoms with E-state index >= 15 is 0 Å². The fraction of sp³-hybridized carbons (Fsp3) is 0.933. The summed E-state index contributed by atoms with van der Waals surface area (Å²) in [4.78, 5) is 11.6. The minimum atomic E-state index is 0.246. The number of carbonyl (C=O) groups excluding carboxylic acids is 1. The fourth-order valence-corrected chi connectivity index (χ4v) is 2.91. The Balaban J connectivity index is 1.88. The van der Waals surface area contributed by atoms with Crippen LogP contribution in [0.15, 0.2) is 0 Å². The lowest BCUT2D eigenvalue weighted by atomic mass is 10.1. The molecule has 0 heterocycles. The molecule has 1 aliphatic carbocycles. The molecule has 1 saturated carbocycles. The maximum absolute atomic E-state index is 11.6. The monoisotopic (exact) mass is 317 g/mol. The molecule has 0 aromatic rings. The first-order valence-corrected chi connectivity index (χ1v) is 8.67. The molecule has 0 aliphatic heterocycles. The first kappa shape index (κ1) is 16.0. The molecule has 1 N–H and O–H groups in total. The van der Waals surface area contributed by atoms with Gasteiger partial charge in [-0.2, -0.15) is 0 Å². The van der Waals surface area contributed by atoms with Crippen molar-refractivity contribution in [1.82, 2.24) is 5.32 Å². The molecule has 106 valence electrons. The number of hydrogen-bond donors (Lipinski definition) is 1. The molecule has 0 saturated heterocycles. The minimum Gasteiger partial charge on any atom is -0.356 e. The Morgan fingerprint density at radius 3 is 2.28 bits per heavy atom. The first-order valence-electron chi connectivity index (χ1n) is 7.55. The van der Waals surface area contributed by atoms with Crippen LogP contribution in [0.5, 0.6) is 0 Å². The second-order valence-electron chi connectivity index (χ2n) is 5.78. The van der Waals surface area contributed by atoms with Crippen LogP contribution < -0.4 is 5.32 Å². The predicted molar refractivity (Wildman–Crippen MR) is 81.1 cm³/mol. The van der Waals surface area contributed by atoms with Crippen molar-refractivity contribution in [3.63, 3.8) is 0 Å². The lowest BCUT2D eigenvalue weighted by Gasteiger charge is -2.12. The molecular weight excluding hydrogens is 290 g/mol. The second kappa shape index (κ2) is 8.95. The first-order chi connectivity index (χ1) is 8.72. The Kier molecular flexibility index (Phi) is 7.96. The third kappa shape index (κ3) is 6.77. The fourth-order valence-electron chi connectivity index (χ4n) is 2.15. The topological polar surface area (TPSA) is 29.1 Å². The summed E-state index contributed by atoms with van der Waals surface area (Å²) in [5.41, 5.74) is 0.399. The molecule has 1 rings (SSSR count). The normalized spacial score (nSPS) is 16.6. The van der Waals surface area contributed by atoms with Crippen molar-refractivity contribution in [2.24, 2.45) is 5.41 Å². The highest BCUT2D eigenvalue weighted by molar-refractivity contribution is 9.09. The highest BCUT2D eigenvalue weighted by Gasteiger charge is 2.41. The van der Waals surface area contributed by atoms with E-state index < -0.39 is 0 Å². The summed E-state index contributed by atoms with van der Waals surface area (Å²) >= 11 is 3.53. The van der Waals surface area contributed by atoms with Gasteiger partial charge in [0.15, 0.2) is 0 Å². The van der Waals surface area contributed by atoms with Gasteiger partial charge in [0.2, 0.25) is 5.91 Å². The second-order valence-corrected chi connectivity index (χ2v) is 6.34. The Labute approximate surface area is 120 Å². The van der Waals surface area contributed by atoms with Crippen molar-refractivity contribution in [2.45, 2.75) is 71.1 Å². The number of unbranched alkanes of at least 4 members (excludes halogenated alkanes) is 6. The van der Waals surface area contributed by atoms with Gasteiger partial charge < -0.3 is 5.32 Å².